The summed E-state index contributed by atoms with van der Waals surface area (Å²) in [6.07, 6.45) is 5.44. The molecule has 2 saturated carbocycles. The molecule has 1 N–H and O–H groups in total. The van der Waals surface area contributed by atoms with Crippen molar-refractivity contribution in [2.24, 2.45) is 0 Å². The van der Waals surface area contributed by atoms with Crippen LogP contribution in [0.1, 0.15) is 42.1 Å². The molecule has 0 aromatic carbocycles. The largest absolute Gasteiger partial charge is 0.446 e. The molecule has 1 heterocycles. The zero-order valence-corrected chi connectivity index (χ0v) is 12.3. The topological polar surface area (TPSA) is 78.7 Å². The Morgan fingerprint density at radius 2 is 2.05 bits per heavy atom. The van der Waals surface area contributed by atoms with Crippen molar-refractivity contribution >= 4 is 11.9 Å². The van der Waals surface area contributed by atoms with Gasteiger partial charge in [-0.15, -0.1) is 0 Å². The molecule has 2 aliphatic carbocycles. The smallest absolute Gasteiger partial charge is 0.320 e. The van der Waals surface area contributed by atoms with Gasteiger partial charge in [0.05, 0.1) is 6.54 Å². The van der Waals surface area contributed by atoms with Crippen LogP contribution >= 0.6 is 0 Å². The second-order valence-corrected chi connectivity index (χ2v) is 5.91. The molecule has 0 spiro atoms. The molecule has 0 aliphatic heterocycles. The van der Waals surface area contributed by atoms with Gasteiger partial charge in [-0.2, -0.15) is 0 Å². The van der Waals surface area contributed by atoms with E-state index in [9.17, 15) is 9.59 Å². The number of carbonyl (C=O) groups excluding carboxylic acids is 2. The normalized spacial score (nSPS) is 17.4. The Kier molecular flexibility index (Phi) is 3.57. The first kappa shape index (κ1) is 13.9. The number of hydrogen-bond donors (Lipinski definition) is 1. The van der Waals surface area contributed by atoms with Gasteiger partial charge in [-0.1, -0.05) is 0 Å². The fourth-order valence-electron chi connectivity index (χ4n) is 2.12. The average Bonchev–Trinajstić information content (AvgIpc) is 3.36. The van der Waals surface area contributed by atoms with Crippen molar-refractivity contribution in [3.05, 3.63) is 17.8 Å². The van der Waals surface area contributed by atoms with Gasteiger partial charge in [0.15, 0.2) is 5.69 Å². The highest BCUT2D eigenvalue weighted by molar-refractivity contribution is 5.92. The van der Waals surface area contributed by atoms with Crippen molar-refractivity contribution in [3.8, 4) is 0 Å². The summed E-state index contributed by atoms with van der Waals surface area (Å²) < 4.78 is 5.34. The lowest BCUT2D eigenvalue weighted by atomic mass is 10.4. The van der Waals surface area contributed by atoms with E-state index in [0.717, 1.165) is 25.7 Å². The first-order chi connectivity index (χ1) is 10.0. The number of aromatic nitrogens is 1. The third-order valence-electron chi connectivity index (χ3n) is 3.62. The monoisotopic (exact) mass is 292 g/mol. The number of nitrogens with one attached hydrogen (secondary N) is 1. The van der Waals surface area contributed by atoms with Gasteiger partial charge in [-0.3, -0.25) is 4.79 Å². The fourth-order valence-corrected chi connectivity index (χ4v) is 2.12. The van der Waals surface area contributed by atoms with Crippen molar-refractivity contribution in [2.45, 2.75) is 44.3 Å². The van der Waals surface area contributed by atoms with Crippen LogP contribution in [0, 0.1) is 0 Å². The third-order valence-corrected chi connectivity index (χ3v) is 3.62. The average molecular weight is 292 g/mol. The van der Waals surface area contributed by atoms with E-state index < -0.39 is 0 Å². The van der Waals surface area contributed by atoms with Gasteiger partial charge in [0.25, 0.3) is 5.91 Å². The quantitative estimate of drug-likeness (QED) is 0.885. The van der Waals surface area contributed by atoms with Crippen molar-refractivity contribution in [2.75, 3.05) is 14.1 Å². The minimum Gasteiger partial charge on any atom is -0.446 e. The molecule has 1 aromatic heterocycles. The van der Waals surface area contributed by atoms with Crippen LogP contribution in [0.3, 0.4) is 0 Å². The summed E-state index contributed by atoms with van der Waals surface area (Å²) in [7, 11) is 3.45. The Morgan fingerprint density at radius 3 is 2.62 bits per heavy atom. The van der Waals surface area contributed by atoms with Crippen molar-refractivity contribution in [3.63, 3.8) is 0 Å². The van der Waals surface area contributed by atoms with Crippen LogP contribution in [0.15, 0.2) is 10.7 Å². The first-order valence-corrected chi connectivity index (χ1v) is 7.28. The van der Waals surface area contributed by atoms with Gasteiger partial charge in [-0.05, 0) is 25.7 Å². The summed E-state index contributed by atoms with van der Waals surface area (Å²) in [5.74, 6) is 0.197. The molecule has 114 valence electrons. The second kappa shape index (κ2) is 5.38. The highest BCUT2D eigenvalue weighted by atomic mass is 16.3. The van der Waals surface area contributed by atoms with Crippen LogP contribution in [0.4, 0.5) is 4.79 Å². The van der Waals surface area contributed by atoms with Crippen LogP contribution < -0.4 is 5.32 Å². The molecule has 0 atom stereocenters. The summed E-state index contributed by atoms with van der Waals surface area (Å²) in [6.45, 7) is 0.304. The Balaban J connectivity index is 1.64. The van der Waals surface area contributed by atoms with Gasteiger partial charge < -0.3 is 19.5 Å². The highest BCUT2D eigenvalue weighted by Gasteiger charge is 2.34. The first-order valence-electron chi connectivity index (χ1n) is 7.28. The minimum absolute atomic E-state index is 0.0559. The van der Waals surface area contributed by atoms with E-state index in [2.05, 4.69) is 10.3 Å². The summed E-state index contributed by atoms with van der Waals surface area (Å²) in [6, 6.07) is 0.492. The number of oxazole rings is 1. The molecule has 0 radical (unpaired) electrons. The summed E-state index contributed by atoms with van der Waals surface area (Å²) in [5.41, 5.74) is 0.282. The zero-order valence-electron chi connectivity index (χ0n) is 12.3. The SMILES string of the molecule is CN(C)C(=O)N(Cc1nc(C(=O)NC2CC2)co1)C1CC1. The van der Waals surface area contributed by atoms with Gasteiger partial charge in [0.1, 0.15) is 6.26 Å². The van der Waals surface area contributed by atoms with E-state index in [1.54, 1.807) is 23.9 Å². The van der Waals surface area contributed by atoms with Crippen molar-refractivity contribution in [1.82, 2.24) is 20.1 Å². The van der Waals surface area contributed by atoms with Gasteiger partial charge in [0.2, 0.25) is 5.89 Å². The maximum Gasteiger partial charge on any atom is 0.320 e. The van der Waals surface area contributed by atoms with Crippen LogP contribution in [-0.2, 0) is 6.54 Å². The molecule has 3 rings (SSSR count). The summed E-state index contributed by atoms with van der Waals surface area (Å²) >= 11 is 0. The molecule has 1 aromatic rings. The van der Waals surface area contributed by atoms with Crippen molar-refractivity contribution < 1.29 is 14.0 Å². The standard InChI is InChI=1S/C14H20N4O3/c1-17(2)14(20)18(10-5-6-10)7-12-16-11(8-21-12)13(19)15-9-3-4-9/h8-10H,3-7H2,1-2H3,(H,15,19). The molecule has 2 aliphatic rings. The van der Waals surface area contributed by atoms with E-state index >= 15 is 0 Å². The van der Waals surface area contributed by atoms with E-state index in [4.69, 9.17) is 4.42 Å². The Hall–Kier alpha value is -2.05. The molecule has 0 saturated heterocycles. The molecule has 3 amide bonds. The second-order valence-electron chi connectivity index (χ2n) is 5.91. The molecule has 21 heavy (non-hydrogen) atoms. The number of hydrogen-bond acceptors (Lipinski definition) is 4. The molecular weight excluding hydrogens is 272 g/mol. The van der Waals surface area contributed by atoms with Crippen LogP contribution in [-0.4, -0.2) is 52.9 Å². The lowest BCUT2D eigenvalue weighted by Crippen LogP contribution is -2.40. The molecule has 7 nitrogen and oxygen atoms in total. The number of rotatable bonds is 5. The van der Waals surface area contributed by atoms with Gasteiger partial charge in [0, 0.05) is 26.2 Å². The third kappa shape index (κ3) is 3.34. The number of nitrogens with zero attached hydrogens (tertiary/aromatic N) is 3. The molecule has 0 unspecified atom stereocenters. The number of carbonyl (C=O) groups is 2. The number of amides is 3. The van der Waals surface area contributed by atoms with E-state index in [1.165, 1.54) is 6.26 Å². The molecule has 2 fully saturated rings. The van der Waals surface area contributed by atoms with E-state index in [0.29, 0.717) is 12.4 Å². The van der Waals surface area contributed by atoms with Crippen LogP contribution in [0.2, 0.25) is 0 Å². The van der Waals surface area contributed by atoms with E-state index in [1.807, 2.05) is 0 Å². The fraction of sp³-hybridized carbons (Fsp3) is 0.643. The predicted molar refractivity (Wildman–Crippen MR) is 74.6 cm³/mol. The Morgan fingerprint density at radius 1 is 1.33 bits per heavy atom. The lowest BCUT2D eigenvalue weighted by molar-refractivity contribution is 0.0946. The molecule has 7 heteroatoms. The predicted octanol–water partition coefficient (Wildman–Crippen LogP) is 1.21. The highest BCUT2D eigenvalue weighted by Crippen LogP contribution is 2.29. The lowest BCUT2D eigenvalue weighted by Gasteiger charge is -2.24. The van der Waals surface area contributed by atoms with Gasteiger partial charge >= 0.3 is 6.03 Å². The van der Waals surface area contributed by atoms with Crippen LogP contribution in [0.5, 0.6) is 0 Å². The molecule has 0 bridgehead atoms. The number of urea groups is 1. The van der Waals surface area contributed by atoms with Gasteiger partial charge in [-0.25, -0.2) is 9.78 Å². The van der Waals surface area contributed by atoms with Crippen LogP contribution in [0.25, 0.3) is 0 Å². The Labute approximate surface area is 123 Å². The maximum absolute atomic E-state index is 12.1. The van der Waals surface area contributed by atoms with E-state index in [-0.39, 0.29) is 29.7 Å². The van der Waals surface area contributed by atoms with Crippen molar-refractivity contribution in [1.29, 1.82) is 0 Å². The summed E-state index contributed by atoms with van der Waals surface area (Å²) in [4.78, 5) is 31.5. The zero-order chi connectivity index (χ0) is 15.0. The molecular formula is C14H20N4O3. The maximum atomic E-state index is 12.1. The summed E-state index contributed by atoms with van der Waals surface area (Å²) in [5, 5.41) is 2.86. The minimum atomic E-state index is -0.204. The Bertz CT molecular complexity index is 546.